The Morgan fingerprint density at radius 1 is 1.22 bits per heavy atom. The quantitative estimate of drug-likeness (QED) is 0.772. The summed E-state index contributed by atoms with van der Waals surface area (Å²) >= 11 is 6.17. The highest BCUT2D eigenvalue weighted by atomic mass is 35.5. The Labute approximate surface area is 139 Å². The standard InChI is InChI=1S/C18H17ClN2O2/c1-21-15-9-5-8-14(19)13(15)10-16(21)18(23)20-11-17(22)12-6-3-2-4-7-12/h2-10,17,22H,11H2,1H3,(H,20,23). The highest BCUT2D eigenvalue weighted by Gasteiger charge is 2.16. The van der Waals surface area contributed by atoms with Gasteiger partial charge in [0.15, 0.2) is 0 Å². The summed E-state index contributed by atoms with van der Waals surface area (Å²) in [6.45, 7) is 0.151. The molecule has 3 rings (SSSR count). The zero-order valence-corrected chi connectivity index (χ0v) is 13.4. The number of hydrogen-bond acceptors (Lipinski definition) is 2. The highest BCUT2D eigenvalue weighted by molar-refractivity contribution is 6.35. The van der Waals surface area contributed by atoms with Crippen LogP contribution < -0.4 is 5.32 Å². The molecule has 1 heterocycles. The van der Waals surface area contributed by atoms with Crippen LogP contribution in [0.2, 0.25) is 5.02 Å². The maximum atomic E-state index is 12.4. The third-order valence-electron chi connectivity index (χ3n) is 3.91. The van der Waals surface area contributed by atoms with Crippen LogP contribution in [0.15, 0.2) is 54.6 Å². The molecule has 4 nitrogen and oxygen atoms in total. The molecule has 3 aromatic rings. The molecular formula is C18H17ClN2O2. The fraction of sp³-hybridized carbons (Fsp3) is 0.167. The van der Waals surface area contributed by atoms with Crippen molar-refractivity contribution in [1.29, 1.82) is 0 Å². The third kappa shape index (κ3) is 3.09. The summed E-state index contributed by atoms with van der Waals surface area (Å²) in [5.41, 5.74) is 2.17. The molecule has 0 aliphatic rings. The van der Waals surface area contributed by atoms with E-state index in [2.05, 4.69) is 5.32 Å². The van der Waals surface area contributed by atoms with Crippen molar-refractivity contribution in [2.24, 2.45) is 7.05 Å². The molecule has 0 aliphatic heterocycles. The molecule has 0 saturated carbocycles. The van der Waals surface area contributed by atoms with E-state index in [1.165, 1.54) is 0 Å². The molecule has 118 valence electrons. The Kier molecular flexibility index (Phi) is 4.37. The molecule has 5 heteroatoms. The van der Waals surface area contributed by atoms with Crippen LogP contribution in [-0.4, -0.2) is 22.1 Å². The number of aryl methyl sites for hydroxylation is 1. The van der Waals surface area contributed by atoms with E-state index in [1.807, 2.05) is 49.5 Å². The molecule has 0 fully saturated rings. The number of aromatic nitrogens is 1. The minimum Gasteiger partial charge on any atom is -0.387 e. The van der Waals surface area contributed by atoms with Crippen molar-refractivity contribution in [1.82, 2.24) is 9.88 Å². The first-order valence-electron chi connectivity index (χ1n) is 7.33. The lowest BCUT2D eigenvalue weighted by atomic mass is 10.1. The number of nitrogens with zero attached hydrogens (tertiary/aromatic N) is 1. The lowest BCUT2D eigenvalue weighted by Gasteiger charge is -2.12. The smallest absolute Gasteiger partial charge is 0.268 e. The molecule has 0 bridgehead atoms. The number of hydrogen-bond donors (Lipinski definition) is 2. The van der Waals surface area contributed by atoms with Gasteiger partial charge in [-0.15, -0.1) is 0 Å². The Morgan fingerprint density at radius 3 is 2.65 bits per heavy atom. The first-order valence-corrected chi connectivity index (χ1v) is 7.71. The third-order valence-corrected chi connectivity index (χ3v) is 4.24. The zero-order chi connectivity index (χ0) is 16.4. The van der Waals surface area contributed by atoms with E-state index in [0.29, 0.717) is 10.7 Å². The molecule has 1 aromatic heterocycles. The van der Waals surface area contributed by atoms with Gasteiger partial charge in [0.2, 0.25) is 0 Å². The molecule has 0 saturated heterocycles. The van der Waals surface area contributed by atoms with Gasteiger partial charge in [-0.25, -0.2) is 0 Å². The van der Waals surface area contributed by atoms with E-state index < -0.39 is 6.10 Å². The van der Waals surface area contributed by atoms with Crippen LogP contribution in [0.3, 0.4) is 0 Å². The van der Waals surface area contributed by atoms with Gasteiger partial charge in [0.1, 0.15) is 5.69 Å². The van der Waals surface area contributed by atoms with E-state index in [9.17, 15) is 9.90 Å². The largest absolute Gasteiger partial charge is 0.387 e. The predicted molar refractivity (Wildman–Crippen MR) is 91.7 cm³/mol. The van der Waals surface area contributed by atoms with Crippen molar-refractivity contribution in [3.8, 4) is 0 Å². The summed E-state index contributed by atoms with van der Waals surface area (Å²) in [5.74, 6) is -0.241. The first-order chi connectivity index (χ1) is 11.1. The number of aliphatic hydroxyl groups is 1. The van der Waals surface area contributed by atoms with Gasteiger partial charge in [0.25, 0.3) is 5.91 Å². The van der Waals surface area contributed by atoms with Crippen LogP contribution in [0.25, 0.3) is 10.9 Å². The average molecular weight is 329 g/mol. The Balaban J connectivity index is 1.76. The van der Waals surface area contributed by atoms with Gasteiger partial charge in [-0.2, -0.15) is 0 Å². The number of rotatable bonds is 4. The monoisotopic (exact) mass is 328 g/mol. The summed E-state index contributed by atoms with van der Waals surface area (Å²) in [6.07, 6.45) is -0.738. The van der Waals surface area contributed by atoms with E-state index >= 15 is 0 Å². The van der Waals surface area contributed by atoms with Crippen molar-refractivity contribution in [2.75, 3.05) is 6.54 Å². The van der Waals surface area contributed by atoms with Gasteiger partial charge in [-0.3, -0.25) is 4.79 Å². The van der Waals surface area contributed by atoms with Crippen LogP contribution >= 0.6 is 11.6 Å². The number of aliphatic hydroxyl groups excluding tert-OH is 1. The molecule has 1 unspecified atom stereocenters. The summed E-state index contributed by atoms with van der Waals surface area (Å²) in [7, 11) is 1.82. The Morgan fingerprint density at radius 2 is 1.96 bits per heavy atom. The Bertz CT molecular complexity index is 843. The Hall–Kier alpha value is -2.30. The van der Waals surface area contributed by atoms with Gasteiger partial charge >= 0.3 is 0 Å². The lowest BCUT2D eigenvalue weighted by molar-refractivity contribution is 0.0908. The molecular weight excluding hydrogens is 312 g/mol. The number of carbonyl (C=O) groups is 1. The molecule has 1 atom stereocenters. The predicted octanol–water partition coefficient (Wildman–Crippen LogP) is 3.30. The van der Waals surface area contributed by atoms with E-state index in [1.54, 1.807) is 16.7 Å². The molecule has 1 amide bonds. The van der Waals surface area contributed by atoms with Gasteiger partial charge < -0.3 is 15.0 Å². The highest BCUT2D eigenvalue weighted by Crippen LogP contribution is 2.26. The molecule has 23 heavy (non-hydrogen) atoms. The van der Waals surface area contributed by atoms with Crippen LogP contribution in [0.1, 0.15) is 22.2 Å². The summed E-state index contributed by atoms with van der Waals surface area (Å²) < 4.78 is 1.80. The number of fused-ring (bicyclic) bond motifs is 1. The van der Waals surface area contributed by atoms with Gasteiger partial charge in [0.05, 0.1) is 6.10 Å². The second kappa shape index (κ2) is 6.44. The molecule has 0 radical (unpaired) electrons. The first kappa shape index (κ1) is 15.6. The maximum absolute atomic E-state index is 12.4. The number of amides is 1. The zero-order valence-electron chi connectivity index (χ0n) is 12.7. The molecule has 2 N–H and O–H groups in total. The van der Waals surface area contributed by atoms with Crippen molar-refractivity contribution in [3.05, 3.63) is 70.9 Å². The average Bonchev–Trinajstić information content (AvgIpc) is 2.92. The van der Waals surface area contributed by atoms with Crippen LogP contribution in [0.5, 0.6) is 0 Å². The number of halogens is 1. The lowest BCUT2D eigenvalue weighted by Crippen LogP contribution is -2.29. The van der Waals surface area contributed by atoms with Gasteiger partial charge in [0, 0.05) is 29.5 Å². The van der Waals surface area contributed by atoms with Crippen molar-refractivity contribution < 1.29 is 9.90 Å². The minimum absolute atomic E-state index is 0.151. The summed E-state index contributed by atoms with van der Waals surface area (Å²) in [5, 5.41) is 14.3. The topological polar surface area (TPSA) is 54.3 Å². The van der Waals surface area contributed by atoms with Crippen molar-refractivity contribution in [3.63, 3.8) is 0 Å². The van der Waals surface area contributed by atoms with E-state index in [4.69, 9.17) is 11.6 Å². The summed E-state index contributed by atoms with van der Waals surface area (Å²) in [4.78, 5) is 12.4. The minimum atomic E-state index is -0.738. The number of nitrogens with one attached hydrogen (secondary N) is 1. The van der Waals surface area contributed by atoms with Crippen molar-refractivity contribution in [2.45, 2.75) is 6.10 Å². The maximum Gasteiger partial charge on any atom is 0.268 e. The van der Waals surface area contributed by atoms with Gasteiger partial charge in [-0.1, -0.05) is 48.0 Å². The van der Waals surface area contributed by atoms with Gasteiger partial charge in [-0.05, 0) is 23.8 Å². The molecule has 2 aromatic carbocycles. The number of carbonyl (C=O) groups excluding carboxylic acids is 1. The fourth-order valence-corrected chi connectivity index (χ4v) is 2.84. The second-order valence-corrected chi connectivity index (χ2v) is 5.80. The molecule has 0 spiro atoms. The molecule has 0 aliphatic carbocycles. The SMILES string of the molecule is Cn1c(C(=O)NCC(O)c2ccccc2)cc2c(Cl)cccc21. The normalized spacial score (nSPS) is 12.3. The summed E-state index contributed by atoms with van der Waals surface area (Å²) in [6, 6.07) is 16.6. The van der Waals surface area contributed by atoms with E-state index in [0.717, 1.165) is 16.5 Å². The van der Waals surface area contributed by atoms with Crippen LogP contribution in [0.4, 0.5) is 0 Å². The van der Waals surface area contributed by atoms with Crippen molar-refractivity contribution >= 4 is 28.4 Å². The fourth-order valence-electron chi connectivity index (χ4n) is 2.62. The van der Waals surface area contributed by atoms with Crippen LogP contribution in [-0.2, 0) is 7.05 Å². The van der Waals surface area contributed by atoms with E-state index in [-0.39, 0.29) is 12.5 Å². The second-order valence-electron chi connectivity index (χ2n) is 5.40. The number of benzene rings is 2. The van der Waals surface area contributed by atoms with Crippen LogP contribution in [0, 0.1) is 0 Å².